The molecule has 1 N–H and O–H groups in total. The predicted molar refractivity (Wildman–Crippen MR) is 134 cm³/mol. The molecular formula is C27H29ClN4. The third kappa shape index (κ3) is 4.24. The van der Waals surface area contributed by atoms with Gasteiger partial charge in [-0.2, -0.15) is 0 Å². The fourth-order valence-electron chi connectivity index (χ4n) is 4.82. The minimum atomic E-state index is 0.437. The van der Waals surface area contributed by atoms with Crippen LogP contribution in [0.2, 0.25) is 5.02 Å². The molecule has 0 bridgehead atoms. The van der Waals surface area contributed by atoms with Crippen molar-refractivity contribution in [2.45, 2.75) is 45.1 Å². The molecule has 0 unspecified atom stereocenters. The van der Waals surface area contributed by atoms with Crippen molar-refractivity contribution < 1.29 is 0 Å². The Morgan fingerprint density at radius 2 is 1.66 bits per heavy atom. The third-order valence-corrected chi connectivity index (χ3v) is 7.08. The van der Waals surface area contributed by atoms with Crippen LogP contribution in [0.1, 0.15) is 39.0 Å². The van der Waals surface area contributed by atoms with E-state index in [0.717, 1.165) is 50.3 Å². The summed E-state index contributed by atoms with van der Waals surface area (Å²) in [5.74, 6) is 1.68. The van der Waals surface area contributed by atoms with Crippen LogP contribution in [-0.4, -0.2) is 20.6 Å². The van der Waals surface area contributed by atoms with Crippen LogP contribution in [0.3, 0.4) is 0 Å². The van der Waals surface area contributed by atoms with Gasteiger partial charge in [-0.3, -0.25) is 4.98 Å². The molecule has 32 heavy (non-hydrogen) atoms. The van der Waals surface area contributed by atoms with E-state index in [1.165, 1.54) is 32.1 Å². The number of nitrogens with one attached hydrogen (secondary N) is 1. The molecule has 1 aliphatic rings. The Morgan fingerprint density at radius 3 is 2.38 bits per heavy atom. The highest BCUT2D eigenvalue weighted by Crippen LogP contribution is 2.30. The van der Waals surface area contributed by atoms with Crippen LogP contribution in [0, 0.1) is 5.92 Å². The van der Waals surface area contributed by atoms with Gasteiger partial charge in [-0.15, -0.1) is 0 Å². The summed E-state index contributed by atoms with van der Waals surface area (Å²) < 4.78 is 2.16. The van der Waals surface area contributed by atoms with Crippen LogP contribution >= 0.6 is 11.6 Å². The lowest BCUT2D eigenvalue weighted by molar-refractivity contribution is 0.327. The van der Waals surface area contributed by atoms with Crippen LogP contribution in [-0.2, 0) is 7.05 Å². The summed E-state index contributed by atoms with van der Waals surface area (Å²) in [6.45, 7) is 2.30. The van der Waals surface area contributed by atoms with E-state index in [1.54, 1.807) is 0 Å². The highest BCUT2D eigenvalue weighted by Gasteiger charge is 2.21. The smallest absolute Gasteiger partial charge is 0.203 e. The lowest BCUT2D eigenvalue weighted by atomic mass is 9.85. The number of nitrogens with zero attached hydrogens (tertiary/aromatic N) is 3. The van der Waals surface area contributed by atoms with Crippen molar-refractivity contribution in [1.82, 2.24) is 14.5 Å². The van der Waals surface area contributed by atoms with Crippen molar-refractivity contribution in [3.8, 4) is 22.4 Å². The van der Waals surface area contributed by atoms with Crippen molar-refractivity contribution in [1.29, 1.82) is 0 Å². The lowest BCUT2D eigenvalue weighted by Gasteiger charge is -2.28. The number of halogens is 1. The van der Waals surface area contributed by atoms with E-state index in [1.807, 2.05) is 30.5 Å². The number of aryl methyl sites for hydroxylation is 1. The number of hydrogen-bond acceptors (Lipinski definition) is 3. The Kier molecular flexibility index (Phi) is 5.88. The Balaban J connectivity index is 1.38. The fourth-order valence-corrected chi connectivity index (χ4v) is 4.95. The first-order valence-corrected chi connectivity index (χ1v) is 11.9. The monoisotopic (exact) mass is 444 g/mol. The molecule has 2 aromatic carbocycles. The van der Waals surface area contributed by atoms with Crippen LogP contribution in [0.4, 0.5) is 5.95 Å². The summed E-state index contributed by atoms with van der Waals surface area (Å²) in [6, 6.07) is 18.9. The van der Waals surface area contributed by atoms with Crippen molar-refractivity contribution in [3.05, 3.63) is 65.8 Å². The second kappa shape index (κ2) is 8.95. The largest absolute Gasteiger partial charge is 0.353 e. The fraction of sp³-hybridized carbons (Fsp3) is 0.333. The Hall–Kier alpha value is -2.85. The molecule has 2 aromatic heterocycles. The summed E-state index contributed by atoms with van der Waals surface area (Å²) >= 11 is 6.00. The molecule has 0 spiro atoms. The number of benzene rings is 2. The van der Waals surface area contributed by atoms with E-state index in [-0.39, 0.29) is 0 Å². The number of imidazole rings is 1. The number of rotatable bonds is 5. The maximum Gasteiger partial charge on any atom is 0.203 e. The first-order valence-electron chi connectivity index (χ1n) is 11.5. The summed E-state index contributed by atoms with van der Waals surface area (Å²) in [5, 5.41) is 4.42. The van der Waals surface area contributed by atoms with Gasteiger partial charge in [0.2, 0.25) is 5.95 Å². The summed E-state index contributed by atoms with van der Waals surface area (Å²) in [7, 11) is 2.09. The topological polar surface area (TPSA) is 42.7 Å². The van der Waals surface area contributed by atoms with Gasteiger partial charge in [0.25, 0.3) is 0 Å². The Labute approximate surface area is 194 Å². The molecule has 5 rings (SSSR count). The molecule has 4 aromatic rings. The van der Waals surface area contributed by atoms with Crippen LogP contribution in [0.25, 0.3) is 33.4 Å². The molecule has 2 heterocycles. The first-order chi connectivity index (χ1) is 15.6. The highest BCUT2D eigenvalue weighted by molar-refractivity contribution is 6.30. The van der Waals surface area contributed by atoms with Crippen molar-refractivity contribution in [2.24, 2.45) is 13.0 Å². The molecule has 0 saturated heterocycles. The molecule has 0 aliphatic heterocycles. The highest BCUT2D eigenvalue weighted by atomic mass is 35.5. The molecule has 1 fully saturated rings. The molecule has 0 radical (unpaired) electrons. The molecule has 1 saturated carbocycles. The zero-order chi connectivity index (χ0) is 22.1. The van der Waals surface area contributed by atoms with Crippen LogP contribution in [0.5, 0.6) is 0 Å². The number of aromatic nitrogens is 3. The zero-order valence-electron chi connectivity index (χ0n) is 18.7. The zero-order valence-corrected chi connectivity index (χ0v) is 19.4. The van der Waals surface area contributed by atoms with Crippen molar-refractivity contribution in [3.63, 3.8) is 0 Å². The minimum Gasteiger partial charge on any atom is -0.353 e. The third-order valence-electron chi connectivity index (χ3n) is 6.83. The SMILES string of the molecule is C[C@H](Nc1nc2cc(-c3ccc(-c4ccc(Cl)cc4)cn3)ccc2n1C)C1CCCCC1. The van der Waals surface area contributed by atoms with Crippen LogP contribution < -0.4 is 5.32 Å². The van der Waals surface area contributed by atoms with Gasteiger partial charge in [0.15, 0.2) is 0 Å². The van der Waals surface area contributed by atoms with Gasteiger partial charge in [0.05, 0.1) is 16.7 Å². The average molecular weight is 445 g/mol. The van der Waals surface area contributed by atoms with Gasteiger partial charge < -0.3 is 9.88 Å². The maximum atomic E-state index is 6.00. The molecule has 4 nitrogen and oxygen atoms in total. The Morgan fingerprint density at radius 1 is 0.938 bits per heavy atom. The van der Waals surface area contributed by atoms with E-state index >= 15 is 0 Å². The number of hydrogen-bond donors (Lipinski definition) is 1. The summed E-state index contributed by atoms with van der Waals surface area (Å²) in [6.07, 6.45) is 8.64. The van der Waals surface area contributed by atoms with Gasteiger partial charge in [-0.25, -0.2) is 4.98 Å². The normalized spacial score (nSPS) is 15.7. The second-order valence-corrected chi connectivity index (χ2v) is 9.40. The van der Waals surface area contributed by atoms with Crippen molar-refractivity contribution >= 4 is 28.6 Å². The Bertz CT molecular complexity index is 1210. The van der Waals surface area contributed by atoms with Gasteiger partial charge in [0, 0.05) is 35.4 Å². The molecule has 5 heteroatoms. The van der Waals surface area contributed by atoms with Crippen LogP contribution in [0.15, 0.2) is 60.8 Å². The lowest BCUT2D eigenvalue weighted by Crippen LogP contribution is -2.28. The molecule has 1 aliphatic carbocycles. The summed E-state index contributed by atoms with van der Waals surface area (Å²) in [5.41, 5.74) is 6.33. The quantitative estimate of drug-likeness (QED) is 0.350. The molecule has 1 atom stereocenters. The van der Waals surface area contributed by atoms with Crippen molar-refractivity contribution in [2.75, 3.05) is 5.32 Å². The number of pyridine rings is 1. The van der Waals surface area contributed by atoms with Gasteiger partial charge >= 0.3 is 0 Å². The molecule has 164 valence electrons. The minimum absolute atomic E-state index is 0.437. The molecular weight excluding hydrogens is 416 g/mol. The molecule has 0 amide bonds. The maximum absolute atomic E-state index is 6.00. The number of anilines is 1. The van der Waals surface area contributed by atoms with E-state index in [4.69, 9.17) is 21.6 Å². The van der Waals surface area contributed by atoms with Gasteiger partial charge in [-0.1, -0.05) is 55.1 Å². The van der Waals surface area contributed by atoms with E-state index < -0.39 is 0 Å². The first kappa shape index (κ1) is 21.0. The second-order valence-electron chi connectivity index (χ2n) is 8.97. The van der Waals surface area contributed by atoms with Gasteiger partial charge in [0.1, 0.15) is 0 Å². The average Bonchev–Trinajstić information content (AvgIpc) is 3.14. The number of fused-ring (bicyclic) bond motifs is 1. The summed E-state index contributed by atoms with van der Waals surface area (Å²) in [4.78, 5) is 9.63. The van der Waals surface area contributed by atoms with E-state index in [9.17, 15) is 0 Å². The standard InChI is InChI=1S/C27H29ClN4/c1-18(19-6-4-3-5-7-19)30-27-31-25-16-21(11-15-26(25)32(27)2)24-14-10-22(17-29-24)20-8-12-23(28)13-9-20/h8-19H,3-7H2,1-2H3,(H,30,31)/t18-/m0/s1. The van der Waals surface area contributed by atoms with E-state index in [0.29, 0.717) is 6.04 Å². The predicted octanol–water partition coefficient (Wildman–Crippen LogP) is 7.34. The van der Waals surface area contributed by atoms with Gasteiger partial charge in [-0.05, 0) is 61.6 Å². The van der Waals surface area contributed by atoms with E-state index in [2.05, 4.69) is 54.2 Å².